The van der Waals surface area contributed by atoms with Gasteiger partial charge in [-0.3, -0.25) is 9.59 Å². The standard InChI is InChI=1S/C16H16N2O3/c1-10-8-9-21-14(10)16(20)18-13-6-4-12(5-7-13)17-15(19)11-2-3-11/h4-9,11H,2-3H2,1H3,(H,17,19)(H,18,20). The summed E-state index contributed by atoms with van der Waals surface area (Å²) in [6.07, 6.45) is 3.44. The van der Waals surface area contributed by atoms with Crippen molar-refractivity contribution in [2.45, 2.75) is 19.8 Å². The van der Waals surface area contributed by atoms with Crippen molar-refractivity contribution in [3.05, 3.63) is 47.9 Å². The fourth-order valence-corrected chi connectivity index (χ4v) is 2.02. The van der Waals surface area contributed by atoms with Crippen molar-refractivity contribution in [2.75, 3.05) is 10.6 Å². The van der Waals surface area contributed by atoms with Crippen molar-refractivity contribution in [1.29, 1.82) is 0 Å². The monoisotopic (exact) mass is 284 g/mol. The summed E-state index contributed by atoms with van der Waals surface area (Å²) in [6.45, 7) is 1.81. The van der Waals surface area contributed by atoms with Gasteiger partial charge >= 0.3 is 0 Å². The van der Waals surface area contributed by atoms with Crippen LogP contribution in [0.1, 0.15) is 29.0 Å². The van der Waals surface area contributed by atoms with E-state index in [0.29, 0.717) is 11.4 Å². The lowest BCUT2D eigenvalue weighted by atomic mass is 10.2. The first-order valence-corrected chi connectivity index (χ1v) is 6.90. The van der Waals surface area contributed by atoms with Crippen LogP contribution in [-0.4, -0.2) is 11.8 Å². The molecule has 3 rings (SSSR count). The normalized spacial score (nSPS) is 13.8. The molecule has 108 valence electrons. The summed E-state index contributed by atoms with van der Waals surface area (Å²) in [4.78, 5) is 23.6. The van der Waals surface area contributed by atoms with Gasteiger partial charge in [0.15, 0.2) is 5.76 Å². The third kappa shape index (κ3) is 3.13. The fraction of sp³-hybridized carbons (Fsp3) is 0.250. The molecule has 1 fully saturated rings. The Hall–Kier alpha value is -2.56. The number of furan rings is 1. The Labute approximate surface area is 122 Å². The molecule has 2 aromatic rings. The van der Waals surface area contributed by atoms with E-state index >= 15 is 0 Å². The predicted octanol–water partition coefficient (Wildman–Crippen LogP) is 3.19. The van der Waals surface area contributed by atoms with E-state index in [1.54, 1.807) is 30.3 Å². The van der Waals surface area contributed by atoms with Gasteiger partial charge in [0, 0.05) is 22.9 Å². The lowest BCUT2D eigenvalue weighted by Crippen LogP contribution is -2.14. The minimum absolute atomic E-state index is 0.0676. The zero-order valence-electron chi connectivity index (χ0n) is 11.7. The SMILES string of the molecule is Cc1ccoc1C(=O)Nc1ccc(NC(=O)C2CC2)cc1. The number of aryl methyl sites for hydroxylation is 1. The first-order chi connectivity index (χ1) is 10.1. The maximum Gasteiger partial charge on any atom is 0.291 e. The largest absolute Gasteiger partial charge is 0.459 e. The summed E-state index contributed by atoms with van der Waals surface area (Å²) >= 11 is 0. The molecule has 1 saturated carbocycles. The van der Waals surface area contributed by atoms with E-state index in [0.717, 1.165) is 24.1 Å². The van der Waals surface area contributed by atoms with E-state index in [1.165, 1.54) is 6.26 Å². The van der Waals surface area contributed by atoms with Gasteiger partial charge < -0.3 is 15.1 Å². The van der Waals surface area contributed by atoms with Crippen molar-refractivity contribution in [2.24, 2.45) is 5.92 Å². The molecule has 0 aliphatic heterocycles. The van der Waals surface area contributed by atoms with Crippen LogP contribution in [0.15, 0.2) is 41.0 Å². The molecule has 1 aliphatic carbocycles. The number of benzene rings is 1. The molecule has 21 heavy (non-hydrogen) atoms. The van der Waals surface area contributed by atoms with Crippen LogP contribution in [0.25, 0.3) is 0 Å². The van der Waals surface area contributed by atoms with Crippen LogP contribution < -0.4 is 10.6 Å². The van der Waals surface area contributed by atoms with E-state index in [-0.39, 0.29) is 17.7 Å². The highest BCUT2D eigenvalue weighted by molar-refractivity contribution is 6.03. The van der Waals surface area contributed by atoms with Gasteiger partial charge in [0.25, 0.3) is 5.91 Å². The molecule has 0 radical (unpaired) electrons. The Morgan fingerprint density at radius 1 is 1.05 bits per heavy atom. The summed E-state index contributed by atoms with van der Waals surface area (Å²) in [7, 11) is 0. The number of hydrogen-bond acceptors (Lipinski definition) is 3. The van der Waals surface area contributed by atoms with E-state index in [1.807, 2.05) is 6.92 Å². The highest BCUT2D eigenvalue weighted by Gasteiger charge is 2.29. The summed E-state index contributed by atoms with van der Waals surface area (Å²) in [5, 5.41) is 5.61. The number of carbonyl (C=O) groups excluding carboxylic acids is 2. The molecule has 0 bridgehead atoms. The molecule has 1 aromatic carbocycles. The van der Waals surface area contributed by atoms with Gasteiger partial charge in [0.1, 0.15) is 0 Å². The van der Waals surface area contributed by atoms with Crippen LogP contribution in [0.2, 0.25) is 0 Å². The van der Waals surface area contributed by atoms with Gasteiger partial charge in [-0.25, -0.2) is 0 Å². The average molecular weight is 284 g/mol. The molecule has 2 N–H and O–H groups in total. The number of hydrogen-bond donors (Lipinski definition) is 2. The Morgan fingerprint density at radius 3 is 2.19 bits per heavy atom. The van der Waals surface area contributed by atoms with Crippen molar-refractivity contribution in [3.8, 4) is 0 Å². The molecule has 0 unspecified atom stereocenters. The number of rotatable bonds is 4. The minimum atomic E-state index is -0.285. The fourth-order valence-electron chi connectivity index (χ4n) is 2.02. The second kappa shape index (κ2) is 5.44. The molecule has 1 heterocycles. The van der Waals surface area contributed by atoms with Crippen LogP contribution >= 0.6 is 0 Å². The summed E-state index contributed by atoms with van der Waals surface area (Å²) < 4.78 is 5.14. The summed E-state index contributed by atoms with van der Waals surface area (Å²) in [6, 6.07) is 8.78. The molecule has 1 aliphatic rings. The van der Waals surface area contributed by atoms with Crippen molar-refractivity contribution < 1.29 is 14.0 Å². The quantitative estimate of drug-likeness (QED) is 0.905. The van der Waals surface area contributed by atoms with Crippen LogP contribution in [-0.2, 0) is 4.79 Å². The summed E-state index contributed by atoms with van der Waals surface area (Å²) in [5.41, 5.74) is 2.18. The molecule has 2 amide bonds. The van der Waals surface area contributed by atoms with Crippen LogP contribution in [0.4, 0.5) is 11.4 Å². The van der Waals surface area contributed by atoms with E-state index in [9.17, 15) is 9.59 Å². The third-order valence-corrected chi connectivity index (χ3v) is 3.43. The van der Waals surface area contributed by atoms with Crippen LogP contribution in [0, 0.1) is 12.8 Å². The van der Waals surface area contributed by atoms with Gasteiger partial charge in [-0.05, 0) is 50.1 Å². The Bertz CT molecular complexity index is 669. The Kier molecular flexibility index (Phi) is 3.48. The summed E-state index contributed by atoms with van der Waals surface area (Å²) in [5.74, 6) is 0.262. The third-order valence-electron chi connectivity index (χ3n) is 3.43. The molecule has 5 heteroatoms. The van der Waals surface area contributed by atoms with Crippen molar-refractivity contribution in [3.63, 3.8) is 0 Å². The molecule has 1 aromatic heterocycles. The van der Waals surface area contributed by atoms with Gasteiger partial charge in [0.05, 0.1) is 6.26 Å². The van der Waals surface area contributed by atoms with E-state index in [2.05, 4.69) is 10.6 Å². The average Bonchev–Trinajstić information content (AvgIpc) is 3.23. The molecule has 0 saturated heterocycles. The zero-order valence-corrected chi connectivity index (χ0v) is 11.7. The lowest BCUT2D eigenvalue weighted by molar-refractivity contribution is -0.117. The molecular formula is C16H16N2O3. The topological polar surface area (TPSA) is 71.3 Å². The Morgan fingerprint density at radius 2 is 1.67 bits per heavy atom. The molecular weight excluding hydrogens is 268 g/mol. The Balaban J connectivity index is 1.62. The van der Waals surface area contributed by atoms with Crippen molar-refractivity contribution >= 4 is 23.2 Å². The van der Waals surface area contributed by atoms with Crippen LogP contribution in [0.3, 0.4) is 0 Å². The molecule has 0 spiro atoms. The first-order valence-electron chi connectivity index (χ1n) is 6.90. The van der Waals surface area contributed by atoms with E-state index < -0.39 is 0 Å². The number of amides is 2. The van der Waals surface area contributed by atoms with Crippen molar-refractivity contribution in [1.82, 2.24) is 0 Å². The highest BCUT2D eigenvalue weighted by Crippen LogP contribution is 2.30. The zero-order chi connectivity index (χ0) is 14.8. The first kappa shape index (κ1) is 13.4. The number of carbonyl (C=O) groups is 2. The van der Waals surface area contributed by atoms with Gasteiger partial charge in [-0.1, -0.05) is 0 Å². The number of nitrogens with one attached hydrogen (secondary N) is 2. The van der Waals surface area contributed by atoms with Gasteiger partial charge in [0.2, 0.25) is 5.91 Å². The van der Waals surface area contributed by atoms with Gasteiger partial charge in [-0.2, -0.15) is 0 Å². The smallest absolute Gasteiger partial charge is 0.291 e. The van der Waals surface area contributed by atoms with Crippen LogP contribution in [0.5, 0.6) is 0 Å². The predicted molar refractivity (Wildman–Crippen MR) is 79.2 cm³/mol. The lowest BCUT2D eigenvalue weighted by Gasteiger charge is -2.07. The molecule has 5 nitrogen and oxygen atoms in total. The highest BCUT2D eigenvalue weighted by atomic mass is 16.3. The maximum absolute atomic E-state index is 12.0. The van der Waals surface area contributed by atoms with Gasteiger partial charge in [-0.15, -0.1) is 0 Å². The molecule has 0 atom stereocenters. The second-order valence-electron chi connectivity index (χ2n) is 5.23. The maximum atomic E-state index is 12.0. The number of anilines is 2. The van der Waals surface area contributed by atoms with E-state index in [4.69, 9.17) is 4.42 Å². The minimum Gasteiger partial charge on any atom is -0.459 e. The second-order valence-corrected chi connectivity index (χ2v) is 5.23.